The normalized spacial score (nSPS) is 37.6. The minimum absolute atomic E-state index is 0.00102. The summed E-state index contributed by atoms with van der Waals surface area (Å²) < 4.78 is 23.3. The van der Waals surface area contributed by atoms with Crippen LogP contribution < -0.4 is 0 Å². The third kappa shape index (κ3) is 4.41. The standard InChI is InChI=1S/C32H44O6/c1-29(2)18-37-32(38-19-29)14-12-26-28-23(11-13-31(26,34)17-32)25-9-10-27(33)30(25,3)15-24(28)22-7-5-21(6-8-22)16-36-20-35-4/h5-8,23-25,34H,9-20H2,1-4H3/t23-,24+,25-,30-,31+/m0/s1. The fourth-order valence-electron chi connectivity index (χ4n) is 8.41. The third-order valence-electron chi connectivity index (χ3n) is 10.4. The lowest BCUT2D eigenvalue weighted by Crippen LogP contribution is -2.57. The molecule has 0 aromatic heterocycles. The lowest BCUT2D eigenvalue weighted by molar-refractivity contribution is -0.322. The molecule has 1 N–H and O–H groups in total. The lowest BCUT2D eigenvalue weighted by atomic mass is 9.51. The largest absolute Gasteiger partial charge is 0.385 e. The number of Topliss-reactive ketones (excluding diaryl/α,β-unsaturated/α-hetero) is 1. The molecule has 6 rings (SSSR count). The predicted octanol–water partition coefficient (Wildman–Crippen LogP) is 5.67. The first-order valence-electron chi connectivity index (χ1n) is 14.5. The Labute approximate surface area is 227 Å². The summed E-state index contributed by atoms with van der Waals surface area (Å²) in [6.07, 6.45) is 6.21. The molecule has 0 unspecified atom stereocenters. The van der Waals surface area contributed by atoms with Gasteiger partial charge in [0.05, 0.1) is 25.4 Å². The Morgan fingerprint density at radius 3 is 2.47 bits per heavy atom. The van der Waals surface area contributed by atoms with Gasteiger partial charge >= 0.3 is 0 Å². The van der Waals surface area contributed by atoms with Gasteiger partial charge < -0.3 is 24.1 Å². The van der Waals surface area contributed by atoms with Crippen LogP contribution in [-0.4, -0.2) is 49.4 Å². The smallest absolute Gasteiger partial charge is 0.171 e. The highest BCUT2D eigenvalue weighted by Gasteiger charge is 2.60. The molecule has 4 aliphatic carbocycles. The highest BCUT2D eigenvalue weighted by Crippen LogP contribution is 2.64. The summed E-state index contributed by atoms with van der Waals surface area (Å²) >= 11 is 0. The second-order valence-corrected chi connectivity index (χ2v) is 13.7. The van der Waals surface area contributed by atoms with Crippen molar-refractivity contribution in [1.29, 1.82) is 0 Å². The molecular formula is C32H44O6. The molecule has 0 radical (unpaired) electrons. The monoisotopic (exact) mass is 524 g/mol. The van der Waals surface area contributed by atoms with E-state index in [-0.39, 0.29) is 23.5 Å². The second-order valence-electron chi connectivity index (χ2n) is 13.7. The van der Waals surface area contributed by atoms with Gasteiger partial charge in [-0.3, -0.25) is 4.79 Å². The van der Waals surface area contributed by atoms with E-state index in [1.165, 1.54) is 16.7 Å². The number of allylic oxidation sites excluding steroid dienone is 1. The van der Waals surface area contributed by atoms with E-state index < -0.39 is 11.4 Å². The number of rotatable bonds is 5. The quantitative estimate of drug-likeness (QED) is 0.304. The van der Waals surface area contributed by atoms with Crippen molar-refractivity contribution in [2.45, 2.75) is 96.1 Å². The highest BCUT2D eigenvalue weighted by atomic mass is 16.7. The second kappa shape index (κ2) is 9.52. The molecule has 1 aliphatic heterocycles. The van der Waals surface area contributed by atoms with Crippen molar-refractivity contribution in [3.8, 4) is 0 Å². The Kier molecular flexibility index (Phi) is 6.67. The van der Waals surface area contributed by atoms with Gasteiger partial charge in [0.25, 0.3) is 0 Å². The number of methoxy groups -OCH3 is 1. The zero-order chi connectivity index (χ0) is 26.8. The maximum atomic E-state index is 13.3. The van der Waals surface area contributed by atoms with Gasteiger partial charge in [0.2, 0.25) is 0 Å². The Morgan fingerprint density at radius 2 is 1.76 bits per heavy atom. The van der Waals surface area contributed by atoms with Crippen LogP contribution in [0.15, 0.2) is 35.4 Å². The van der Waals surface area contributed by atoms with Crippen molar-refractivity contribution in [1.82, 2.24) is 0 Å². The first-order chi connectivity index (χ1) is 18.1. The van der Waals surface area contributed by atoms with Crippen LogP contribution in [0.2, 0.25) is 0 Å². The summed E-state index contributed by atoms with van der Waals surface area (Å²) in [4.78, 5) is 13.3. The zero-order valence-electron chi connectivity index (χ0n) is 23.5. The van der Waals surface area contributed by atoms with Crippen molar-refractivity contribution in [3.63, 3.8) is 0 Å². The van der Waals surface area contributed by atoms with Crippen molar-refractivity contribution in [2.24, 2.45) is 22.7 Å². The zero-order valence-corrected chi connectivity index (χ0v) is 23.5. The SMILES string of the molecule is COCOCc1ccc([C@H]2C[C@]3(C)C(=O)CC[C@H]3[C@@H]3CC[C@@]4(O)CC5(CCC4=C32)OCC(C)(C)CO5)cc1. The van der Waals surface area contributed by atoms with Crippen LogP contribution in [0, 0.1) is 22.7 Å². The summed E-state index contributed by atoms with van der Waals surface area (Å²) in [5.74, 6) is 0.606. The number of benzene rings is 1. The van der Waals surface area contributed by atoms with E-state index in [1.54, 1.807) is 7.11 Å². The van der Waals surface area contributed by atoms with E-state index >= 15 is 0 Å². The van der Waals surface area contributed by atoms with Gasteiger partial charge in [-0.05, 0) is 60.6 Å². The molecule has 1 spiro atoms. The van der Waals surface area contributed by atoms with Crippen LogP contribution in [0.4, 0.5) is 0 Å². The number of carbonyl (C=O) groups excluding carboxylic acids is 1. The Hall–Kier alpha value is -1.57. The van der Waals surface area contributed by atoms with Crippen LogP contribution in [0.1, 0.15) is 89.2 Å². The van der Waals surface area contributed by atoms with E-state index in [2.05, 4.69) is 45.0 Å². The van der Waals surface area contributed by atoms with Crippen molar-refractivity contribution < 1.29 is 28.8 Å². The molecule has 0 amide bonds. The van der Waals surface area contributed by atoms with Gasteiger partial charge in [0, 0.05) is 43.1 Å². The first-order valence-corrected chi connectivity index (χ1v) is 14.5. The van der Waals surface area contributed by atoms with E-state index in [0.717, 1.165) is 44.1 Å². The lowest BCUT2D eigenvalue weighted by Gasteiger charge is -2.56. The molecule has 1 heterocycles. The maximum absolute atomic E-state index is 13.3. The van der Waals surface area contributed by atoms with Crippen LogP contribution in [0.5, 0.6) is 0 Å². The number of fused-ring (bicyclic) bond motifs is 4. The minimum atomic E-state index is -0.909. The fourth-order valence-corrected chi connectivity index (χ4v) is 8.41. The average Bonchev–Trinajstić information content (AvgIpc) is 3.19. The molecule has 3 saturated carbocycles. The molecule has 1 aromatic carbocycles. The van der Waals surface area contributed by atoms with Crippen LogP contribution >= 0.6 is 0 Å². The molecule has 0 bridgehead atoms. The van der Waals surface area contributed by atoms with E-state index in [9.17, 15) is 9.90 Å². The molecular weight excluding hydrogens is 480 g/mol. The third-order valence-corrected chi connectivity index (χ3v) is 10.4. The van der Waals surface area contributed by atoms with Gasteiger partial charge in [0.15, 0.2) is 5.79 Å². The van der Waals surface area contributed by atoms with Crippen molar-refractivity contribution in [3.05, 3.63) is 46.5 Å². The minimum Gasteiger partial charge on any atom is -0.385 e. The number of carbonyl (C=O) groups is 1. The van der Waals surface area contributed by atoms with E-state index in [0.29, 0.717) is 50.3 Å². The van der Waals surface area contributed by atoms with Gasteiger partial charge in [-0.25, -0.2) is 0 Å². The summed E-state index contributed by atoms with van der Waals surface area (Å²) in [5.41, 5.74) is 3.79. The molecule has 1 saturated heterocycles. The topological polar surface area (TPSA) is 74.2 Å². The number of ketones is 1. The molecule has 208 valence electrons. The molecule has 5 atom stereocenters. The van der Waals surface area contributed by atoms with E-state index in [4.69, 9.17) is 18.9 Å². The molecule has 4 fully saturated rings. The van der Waals surface area contributed by atoms with Gasteiger partial charge in [-0.1, -0.05) is 50.6 Å². The van der Waals surface area contributed by atoms with Crippen molar-refractivity contribution in [2.75, 3.05) is 27.1 Å². The predicted molar refractivity (Wildman–Crippen MR) is 143 cm³/mol. The number of ether oxygens (including phenoxy) is 4. The molecule has 6 heteroatoms. The average molecular weight is 525 g/mol. The van der Waals surface area contributed by atoms with Gasteiger partial charge in [-0.15, -0.1) is 0 Å². The Bertz CT molecular complexity index is 1100. The van der Waals surface area contributed by atoms with Crippen molar-refractivity contribution >= 4 is 5.78 Å². The fraction of sp³-hybridized carbons (Fsp3) is 0.719. The van der Waals surface area contributed by atoms with Crippen LogP contribution in [0.25, 0.3) is 0 Å². The van der Waals surface area contributed by atoms with Gasteiger partial charge in [-0.2, -0.15) is 0 Å². The summed E-state index contributed by atoms with van der Waals surface area (Å²) in [6.45, 7) is 8.64. The number of hydrogen-bond donors (Lipinski definition) is 1. The maximum Gasteiger partial charge on any atom is 0.171 e. The first kappa shape index (κ1) is 26.6. The summed E-state index contributed by atoms with van der Waals surface area (Å²) in [7, 11) is 1.63. The molecule has 38 heavy (non-hydrogen) atoms. The van der Waals surface area contributed by atoms with Gasteiger partial charge in [0.1, 0.15) is 12.6 Å². The Balaban J connectivity index is 1.36. The van der Waals surface area contributed by atoms with Crippen LogP contribution in [-0.2, 0) is 30.3 Å². The molecule has 6 nitrogen and oxygen atoms in total. The molecule has 5 aliphatic rings. The summed E-state index contributed by atoms with van der Waals surface area (Å²) in [5, 5.41) is 12.3. The number of hydrogen-bond acceptors (Lipinski definition) is 6. The number of aliphatic hydroxyl groups is 1. The Morgan fingerprint density at radius 1 is 1.03 bits per heavy atom. The van der Waals surface area contributed by atoms with Crippen LogP contribution in [0.3, 0.4) is 0 Å². The van der Waals surface area contributed by atoms with E-state index in [1.807, 2.05) is 0 Å². The summed E-state index contributed by atoms with van der Waals surface area (Å²) in [6, 6.07) is 8.67. The molecule has 1 aromatic rings. The highest BCUT2D eigenvalue weighted by molar-refractivity contribution is 5.87.